The van der Waals surface area contributed by atoms with Crippen molar-refractivity contribution in [2.24, 2.45) is 0 Å². The van der Waals surface area contributed by atoms with E-state index in [0.717, 1.165) is 39.3 Å². The second kappa shape index (κ2) is 9.92. The van der Waals surface area contributed by atoms with Crippen LogP contribution in [0.2, 0.25) is 0 Å². The maximum absolute atomic E-state index is 13.7. The second-order valence-corrected chi connectivity index (χ2v) is 7.19. The minimum Gasteiger partial charge on any atom is -0.485 e. The fourth-order valence-electron chi connectivity index (χ4n) is 3.22. The van der Waals surface area contributed by atoms with Gasteiger partial charge in [0.05, 0.1) is 36.4 Å². The Kier molecular flexibility index (Phi) is 6.81. The Morgan fingerprint density at radius 1 is 0.969 bits per heavy atom. The summed E-state index contributed by atoms with van der Waals surface area (Å²) in [4.78, 5) is 10.5. The van der Waals surface area contributed by atoms with E-state index in [-0.39, 0.29) is 17.8 Å². The normalized spacial score (nSPS) is 14.5. The van der Waals surface area contributed by atoms with E-state index in [2.05, 4.69) is 30.6 Å². The van der Waals surface area contributed by atoms with Crippen LogP contribution in [0.3, 0.4) is 0 Å². The van der Waals surface area contributed by atoms with Gasteiger partial charge in [-0.3, -0.25) is 9.58 Å². The molecule has 0 amide bonds. The summed E-state index contributed by atoms with van der Waals surface area (Å²) in [6.07, 6.45) is 6.03. The molecule has 0 bridgehead atoms. The summed E-state index contributed by atoms with van der Waals surface area (Å²) >= 11 is 0. The zero-order chi connectivity index (χ0) is 22.5. The molecule has 32 heavy (non-hydrogen) atoms. The monoisotopic (exact) mass is 451 g/mol. The van der Waals surface area contributed by atoms with Gasteiger partial charge in [-0.05, 0) is 0 Å². The van der Waals surface area contributed by atoms with Gasteiger partial charge in [0, 0.05) is 45.0 Å². The highest BCUT2D eigenvalue weighted by Crippen LogP contribution is 2.21. The van der Waals surface area contributed by atoms with Crippen molar-refractivity contribution in [2.75, 3.05) is 38.0 Å². The largest absolute Gasteiger partial charge is 0.485 e. The van der Waals surface area contributed by atoms with Crippen LogP contribution in [-0.2, 0) is 13.2 Å². The van der Waals surface area contributed by atoms with Gasteiger partial charge in [-0.15, -0.1) is 0 Å². The molecule has 12 heteroatoms. The quantitative estimate of drug-likeness (QED) is 0.402. The van der Waals surface area contributed by atoms with E-state index in [9.17, 15) is 17.6 Å². The zero-order valence-corrected chi connectivity index (χ0v) is 17.0. The molecule has 8 nitrogen and oxygen atoms in total. The highest BCUT2D eigenvalue weighted by molar-refractivity contribution is 5.50. The van der Waals surface area contributed by atoms with Crippen LogP contribution in [0.25, 0.3) is 0 Å². The first-order valence-electron chi connectivity index (χ1n) is 9.99. The number of halogens is 4. The van der Waals surface area contributed by atoms with Crippen LogP contribution in [0, 0.1) is 23.3 Å². The smallest absolute Gasteiger partial charge is 0.227 e. The van der Waals surface area contributed by atoms with Crippen molar-refractivity contribution in [2.45, 2.75) is 13.2 Å². The zero-order valence-electron chi connectivity index (χ0n) is 17.0. The van der Waals surface area contributed by atoms with E-state index in [4.69, 9.17) is 4.74 Å². The van der Waals surface area contributed by atoms with Crippen LogP contribution in [0.4, 0.5) is 29.2 Å². The minimum atomic E-state index is -1.50. The van der Waals surface area contributed by atoms with Crippen molar-refractivity contribution in [1.29, 1.82) is 0 Å². The molecule has 170 valence electrons. The Balaban J connectivity index is 1.30. The third-order valence-electron chi connectivity index (χ3n) is 4.96. The van der Waals surface area contributed by atoms with Crippen LogP contribution >= 0.6 is 0 Å². The summed E-state index contributed by atoms with van der Waals surface area (Å²) < 4.78 is 60.9. The van der Waals surface area contributed by atoms with E-state index in [0.29, 0.717) is 5.69 Å². The molecule has 0 unspecified atom stereocenters. The van der Waals surface area contributed by atoms with Gasteiger partial charge < -0.3 is 15.4 Å². The summed E-state index contributed by atoms with van der Waals surface area (Å²) in [5, 5.41) is 10.6. The summed E-state index contributed by atoms with van der Waals surface area (Å²) in [5.41, 5.74) is -0.156. The number of hydrogen-bond donors (Lipinski definition) is 2. The summed E-state index contributed by atoms with van der Waals surface area (Å²) in [6.45, 7) is 4.95. The Hall–Kier alpha value is -3.25. The maximum atomic E-state index is 13.7. The third-order valence-corrected chi connectivity index (χ3v) is 4.96. The van der Waals surface area contributed by atoms with Crippen molar-refractivity contribution in [3.63, 3.8) is 0 Å². The third kappa shape index (κ3) is 5.32. The highest BCUT2D eigenvalue weighted by Gasteiger charge is 2.19. The predicted octanol–water partition coefficient (Wildman–Crippen LogP) is 2.46. The molecular formula is C20H21F4N7O. The standard InChI is InChI=1S/C20H21F4N7O/c21-16-7-17(22)19(24)15(18(16)23)12-32-14-9-26-20(27-10-14)29-13-8-28-31(11-13)6-5-30-3-1-25-2-4-30/h7-11,25H,1-6,12H2,(H,26,27,29). The molecule has 0 aliphatic carbocycles. The fraction of sp³-hybridized carbons (Fsp3) is 0.350. The fourth-order valence-corrected chi connectivity index (χ4v) is 3.22. The summed E-state index contributed by atoms with van der Waals surface area (Å²) in [6, 6.07) is 0.144. The topological polar surface area (TPSA) is 80.1 Å². The lowest BCUT2D eigenvalue weighted by molar-refractivity contribution is 0.229. The molecule has 2 N–H and O–H groups in total. The van der Waals surface area contributed by atoms with Crippen LogP contribution < -0.4 is 15.4 Å². The molecule has 4 rings (SSSR count). The van der Waals surface area contributed by atoms with Gasteiger partial charge in [-0.25, -0.2) is 27.5 Å². The highest BCUT2D eigenvalue weighted by atomic mass is 19.2. The maximum Gasteiger partial charge on any atom is 0.227 e. The van der Waals surface area contributed by atoms with E-state index in [1.54, 1.807) is 6.20 Å². The number of rotatable bonds is 8. The number of nitrogens with one attached hydrogen (secondary N) is 2. The van der Waals surface area contributed by atoms with Gasteiger partial charge in [-0.2, -0.15) is 5.10 Å². The number of ether oxygens (including phenoxy) is 1. The summed E-state index contributed by atoms with van der Waals surface area (Å²) in [7, 11) is 0. The van der Waals surface area contributed by atoms with Gasteiger partial charge in [-0.1, -0.05) is 0 Å². The van der Waals surface area contributed by atoms with Gasteiger partial charge in [0.15, 0.2) is 29.0 Å². The molecule has 1 saturated heterocycles. The average molecular weight is 451 g/mol. The van der Waals surface area contributed by atoms with E-state index in [1.165, 1.54) is 12.4 Å². The molecule has 0 radical (unpaired) electrons. The molecule has 0 spiro atoms. The first-order valence-corrected chi connectivity index (χ1v) is 9.99. The molecular weight excluding hydrogens is 430 g/mol. The Labute approximate surface area is 181 Å². The van der Waals surface area contributed by atoms with Crippen LogP contribution in [0.5, 0.6) is 5.75 Å². The van der Waals surface area contributed by atoms with Crippen molar-refractivity contribution in [3.05, 3.63) is 59.7 Å². The Morgan fingerprint density at radius 3 is 2.34 bits per heavy atom. The number of aromatic nitrogens is 4. The Morgan fingerprint density at radius 2 is 1.66 bits per heavy atom. The van der Waals surface area contributed by atoms with Crippen molar-refractivity contribution in [3.8, 4) is 5.75 Å². The van der Waals surface area contributed by atoms with Gasteiger partial charge >= 0.3 is 0 Å². The summed E-state index contributed by atoms with van der Waals surface area (Å²) in [5.74, 6) is -5.66. The van der Waals surface area contributed by atoms with Crippen LogP contribution in [0.1, 0.15) is 5.56 Å². The van der Waals surface area contributed by atoms with Gasteiger partial charge in [0.1, 0.15) is 6.61 Å². The van der Waals surface area contributed by atoms with Gasteiger partial charge in [0.2, 0.25) is 5.95 Å². The van der Waals surface area contributed by atoms with Crippen molar-refractivity contribution >= 4 is 11.6 Å². The molecule has 1 aliphatic heterocycles. The number of piperazine rings is 1. The number of hydrogen-bond acceptors (Lipinski definition) is 7. The van der Waals surface area contributed by atoms with Crippen molar-refractivity contribution in [1.82, 2.24) is 30.0 Å². The lowest BCUT2D eigenvalue weighted by atomic mass is 10.2. The van der Waals surface area contributed by atoms with E-state index < -0.39 is 35.4 Å². The number of benzene rings is 1. The van der Waals surface area contributed by atoms with Crippen LogP contribution in [0.15, 0.2) is 30.9 Å². The van der Waals surface area contributed by atoms with Crippen LogP contribution in [-0.4, -0.2) is 57.4 Å². The average Bonchev–Trinajstić information content (AvgIpc) is 3.25. The second-order valence-electron chi connectivity index (χ2n) is 7.19. The van der Waals surface area contributed by atoms with E-state index >= 15 is 0 Å². The molecule has 1 fully saturated rings. The number of nitrogens with zero attached hydrogens (tertiary/aromatic N) is 5. The SMILES string of the molecule is Fc1cc(F)c(F)c(COc2cnc(Nc3cnn(CCN4CCNCC4)c3)nc2)c1F. The predicted molar refractivity (Wildman–Crippen MR) is 107 cm³/mol. The molecule has 1 aliphatic rings. The first-order chi connectivity index (χ1) is 15.5. The minimum absolute atomic E-state index is 0.0748. The number of anilines is 2. The molecule has 3 aromatic rings. The molecule has 1 aromatic carbocycles. The molecule has 3 heterocycles. The lowest BCUT2D eigenvalue weighted by Gasteiger charge is -2.26. The first kappa shape index (κ1) is 22.0. The van der Waals surface area contributed by atoms with Crippen molar-refractivity contribution < 1.29 is 22.3 Å². The van der Waals surface area contributed by atoms with E-state index in [1.807, 2.05) is 10.9 Å². The lowest BCUT2D eigenvalue weighted by Crippen LogP contribution is -2.44. The molecule has 2 aromatic heterocycles. The van der Waals surface area contributed by atoms with Gasteiger partial charge in [0.25, 0.3) is 0 Å². The molecule has 0 saturated carbocycles. The Bertz CT molecular complexity index is 1030. The molecule has 0 atom stereocenters.